The number of aliphatic hydroxyl groups is 1. The van der Waals surface area contributed by atoms with Gasteiger partial charge in [-0.15, -0.1) is 0 Å². The average molecular weight is 549 g/mol. The highest BCUT2D eigenvalue weighted by atomic mass is 31.2. The van der Waals surface area contributed by atoms with Crippen LogP contribution in [0.15, 0.2) is 12.2 Å². The maximum absolute atomic E-state index is 12.2. The van der Waals surface area contributed by atoms with Gasteiger partial charge in [-0.2, -0.15) is 0 Å². The highest BCUT2D eigenvalue weighted by Crippen LogP contribution is 2.45. The summed E-state index contributed by atoms with van der Waals surface area (Å²) in [6, 6.07) is 0. The van der Waals surface area contributed by atoms with Crippen LogP contribution < -0.4 is 0 Å². The molecule has 0 radical (unpaired) electrons. The Balaban J connectivity index is 3.62. The summed E-state index contributed by atoms with van der Waals surface area (Å²) in [7, 11) is 1.81. The first-order chi connectivity index (χ1) is 17.6. The molecule has 0 spiro atoms. The van der Waals surface area contributed by atoms with E-state index in [-0.39, 0.29) is 6.61 Å². The van der Waals surface area contributed by atoms with Crippen LogP contribution in [0.25, 0.3) is 0 Å². The molecule has 0 aliphatic heterocycles. The van der Waals surface area contributed by atoms with Crippen molar-refractivity contribution in [1.82, 2.24) is 0 Å². The number of aliphatic hydroxyl groups excluding tert-OH is 1. The van der Waals surface area contributed by atoms with Crippen molar-refractivity contribution in [2.24, 2.45) is 0 Å². The van der Waals surface area contributed by atoms with Crippen LogP contribution in [-0.2, 0) is 13.6 Å². The summed E-state index contributed by atoms with van der Waals surface area (Å²) < 4.78 is 23.2. The predicted octanol–water partition coefficient (Wildman–Crippen LogP) is 8.56. The number of unbranched alkanes of at least 4 members (excludes halogenated alkanes) is 16. The predicted molar refractivity (Wildman–Crippen MR) is 158 cm³/mol. The molecule has 0 aromatic carbocycles. The number of quaternary nitrogens is 1. The molecule has 0 fully saturated rings. The molecule has 0 aromatic rings. The quantitative estimate of drug-likeness (QED) is 0.0465. The molecule has 0 amide bonds. The van der Waals surface area contributed by atoms with Gasteiger partial charge in [0.05, 0.1) is 33.4 Å². The zero-order valence-corrected chi connectivity index (χ0v) is 26.1. The Morgan fingerprint density at radius 3 is 1.62 bits per heavy atom. The van der Waals surface area contributed by atoms with Gasteiger partial charge >= 0.3 is 7.82 Å². The van der Waals surface area contributed by atoms with Crippen LogP contribution in [0, 0.1) is 0 Å². The molecule has 3 atom stereocenters. The van der Waals surface area contributed by atoms with E-state index in [0.29, 0.717) is 17.4 Å². The van der Waals surface area contributed by atoms with Crippen LogP contribution >= 0.6 is 7.82 Å². The van der Waals surface area contributed by atoms with Crippen LogP contribution in [0.2, 0.25) is 0 Å². The second kappa shape index (κ2) is 23.6. The minimum Gasteiger partial charge on any atom is -0.391 e. The fourth-order valence-corrected chi connectivity index (χ4v) is 5.31. The summed E-state index contributed by atoms with van der Waals surface area (Å²) >= 11 is 0. The molecular formula is C30H63NO5P+. The lowest BCUT2D eigenvalue weighted by molar-refractivity contribution is -0.870. The topological polar surface area (TPSA) is 76.0 Å². The number of phosphoric ester groups is 1. The summed E-state index contributed by atoms with van der Waals surface area (Å²) in [6.07, 6.45) is 26.9. The van der Waals surface area contributed by atoms with Gasteiger partial charge in [-0.25, -0.2) is 4.57 Å². The van der Waals surface area contributed by atoms with Gasteiger partial charge in [-0.3, -0.25) is 9.05 Å². The van der Waals surface area contributed by atoms with E-state index in [2.05, 4.69) is 19.1 Å². The van der Waals surface area contributed by atoms with E-state index >= 15 is 0 Å². The van der Waals surface area contributed by atoms with Crippen molar-refractivity contribution >= 4 is 7.82 Å². The van der Waals surface area contributed by atoms with E-state index in [4.69, 9.17) is 9.05 Å². The van der Waals surface area contributed by atoms with Crippen LogP contribution in [0.5, 0.6) is 0 Å². The molecule has 0 aliphatic rings. The largest absolute Gasteiger partial charge is 0.472 e. The van der Waals surface area contributed by atoms with Crippen molar-refractivity contribution in [2.75, 3.05) is 34.3 Å². The molecule has 0 aliphatic carbocycles. The molecule has 0 saturated carbocycles. The Hall–Kier alpha value is -0.230. The van der Waals surface area contributed by atoms with Gasteiger partial charge in [-0.1, -0.05) is 109 Å². The standard InChI is InChI=1S/C30H62NO5P/c1-6-7-8-9-10-11-12-13-14-15-16-17-18-19-20-21-22-23-24-25-26-30(29(2)32)36-37(33,34)35-28-27-31(3,4)5/h13-14,29-30,32H,6-12,15-28H2,1-5H3/p+1/b14-13-. The van der Waals surface area contributed by atoms with Gasteiger partial charge in [0.2, 0.25) is 0 Å². The van der Waals surface area contributed by atoms with Crippen molar-refractivity contribution < 1.29 is 28.1 Å². The number of allylic oxidation sites excluding steroid dienone is 2. The summed E-state index contributed by atoms with van der Waals surface area (Å²) in [5, 5.41) is 9.97. The number of hydrogen-bond donors (Lipinski definition) is 2. The Labute approximate surface area is 230 Å². The molecular weight excluding hydrogens is 485 g/mol. The number of hydrogen-bond acceptors (Lipinski definition) is 4. The van der Waals surface area contributed by atoms with E-state index in [1.807, 2.05) is 21.1 Å². The summed E-state index contributed by atoms with van der Waals surface area (Å²) in [6.45, 7) is 4.61. The van der Waals surface area contributed by atoms with E-state index in [1.54, 1.807) is 6.92 Å². The molecule has 0 heterocycles. The normalized spacial score (nSPS) is 15.8. The molecule has 0 bridgehead atoms. The fraction of sp³-hybridized carbons (Fsp3) is 0.933. The third kappa shape index (κ3) is 27.1. The van der Waals surface area contributed by atoms with Gasteiger partial charge in [0.1, 0.15) is 13.2 Å². The van der Waals surface area contributed by atoms with Gasteiger partial charge in [-0.05, 0) is 39.0 Å². The third-order valence-electron chi connectivity index (χ3n) is 6.82. The van der Waals surface area contributed by atoms with Crippen LogP contribution in [0.3, 0.4) is 0 Å². The lowest BCUT2D eigenvalue weighted by Crippen LogP contribution is -2.37. The molecule has 37 heavy (non-hydrogen) atoms. The van der Waals surface area contributed by atoms with E-state index in [1.165, 1.54) is 96.3 Å². The Morgan fingerprint density at radius 2 is 1.19 bits per heavy atom. The van der Waals surface area contributed by atoms with Crippen molar-refractivity contribution in [2.45, 2.75) is 148 Å². The van der Waals surface area contributed by atoms with Crippen molar-refractivity contribution in [3.05, 3.63) is 12.2 Å². The van der Waals surface area contributed by atoms with Crippen LogP contribution in [0.1, 0.15) is 136 Å². The third-order valence-corrected chi connectivity index (χ3v) is 7.87. The zero-order chi connectivity index (χ0) is 27.8. The molecule has 0 aromatic heterocycles. The van der Waals surface area contributed by atoms with Gasteiger partial charge < -0.3 is 14.5 Å². The summed E-state index contributed by atoms with van der Waals surface area (Å²) in [5.74, 6) is 0. The van der Waals surface area contributed by atoms with Gasteiger partial charge in [0, 0.05) is 0 Å². The molecule has 0 saturated heterocycles. The number of phosphoric acid groups is 1. The lowest BCUT2D eigenvalue weighted by Gasteiger charge is -2.26. The Bertz CT molecular complexity index is 577. The minimum atomic E-state index is -4.16. The maximum Gasteiger partial charge on any atom is 0.472 e. The molecule has 2 N–H and O–H groups in total. The molecule has 6 nitrogen and oxygen atoms in total. The zero-order valence-electron chi connectivity index (χ0n) is 25.2. The number of rotatable bonds is 27. The van der Waals surface area contributed by atoms with E-state index in [9.17, 15) is 14.6 Å². The van der Waals surface area contributed by atoms with Gasteiger partial charge in [0.15, 0.2) is 0 Å². The monoisotopic (exact) mass is 548 g/mol. The van der Waals surface area contributed by atoms with Crippen molar-refractivity contribution in [3.63, 3.8) is 0 Å². The number of likely N-dealkylation sites (N-methyl/N-ethyl adjacent to an activating group) is 1. The second-order valence-electron chi connectivity index (χ2n) is 11.8. The number of nitrogens with zero attached hydrogens (tertiary/aromatic N) is 1. The SMILES string of the molecule is CCCCCCCC/C=C\CCCCCCCCCCCCC(OP(=O)(O)OCC[N+](C)(C)C)C(C)O. The summed E-state index contributed by atoms with van der Waals surface area (Å²) in [4.78, 5) is 9.99. The first kappa shape index (κ1) is 36.8. The minimum absolute atomic E-state index is 0.139. The average Bonchev–Trinajstić information content (AvgIpc) is 2.80. The smallest absolute Gasteiger partial charge is 0.391 e. The second-order valence-corrected chi connectivity index (χ2v) is 13.2. The molecule has 7 heteroatoms. The van der Waals surface area contributed by atoms with Crippen molar-refractivity contribution in [1.29, 1.82) is 0 Å². The lowest BCUT2D eigenvalue weighted by atomic mass is 10.0. The fourth-order valence-electron chi connectivity index (χ4n) is 4.31. The molecule has 0 rings (SSSR count). The Morgan fingerprint density at radius 1 is 0.757 bits per heavy atom. The van der Waals surface area contributed by atoms with E-state index in [0.717, 1.165) is 19.3 Å². The Kier molecular flexibility index (Phi) is 23.5. The maximum atomic E-state index is 12.2. The summed E-state index contributed by atoms with van der Waals surface area (Å²) in [5.41, 5.74) is 0. The molecule has 3 unspecified atom stereocenters. The first-order valence-corrected chi connectivity index (χ1v) is 16.9. The van der Waals surface area contributed by atoms with Crippen LogP contribution in [0.4, 0.5) is 0 Å². The van der Waals surface area contributed by atoms with Crippen molar-refractivity contribution in [3.8, 4) is 0 Å². The first-order valence-electron chi connectivity index (χ1n) is 15.4. The highest BCUT2D eigenvalue weighted by Gasteiger charge is 2.29. The van der Waals surface area contributed by atoms with E-state index < -0.39 is 20.0 Å². The molecule has 222 valence electrons. The van der Waals surface area contributed by atoms with Gasteiger partial charge in [0.25, 0.3) is 0 Å². The highest BCUT2D eigenvalue weighted by molar-refractivity contribution is 7.47. The van der Waals surface area contributed by atoms with Crippen LogP contribution in [-0.4, -0.2) is 61.0 Å².